The van der Waals surface area contributed by atoms with Crippen LogP contribution in [0.1, 0.15) is 112 Å². The molecule has 0 N–H and O–H groups in total. The highest BCUT2D eigenvalue weighted by Gasteiger charge is 2.60. The fourth-order valence-electron chi connectivity index (χ4n) is 9.46. The van der Waals surface area contributed by atoms with E-state index in [9.17, 15) is 0 Å². The average molecular weight is 403 g/mol. The fourth-order valence-corrected chi connectivity index (χ4v) is 9.46. The molecule has 0 spiro atoms. The Balaban J connectivity index is 1.45. The molecule has 0 radical (unpaired) electrons. The standard InChI is InChI=1S/C28H50O/c1-19(2)8-7-9-20(3)24-12-13-25-23-11-10-21-18-22(29-6)14-16-27(21,4)26(23)15-17-28(24,25)5/h19-26H,7-18H2,1-6H3/t20?,21-,22?,23?,24-,25?,26?,27+,28-/m1/s1. The summed E-state index contributed by atoms with van der Waals surface area (Å²) in [5.74, 6) is 6.79. The largest absolute Gasteiger partial charge is 0.381 e. The summed E-state index contributed by atoms with van der Waals surface area (Å²) in [5, 5.41) is 0. The molecule has 4 saturated carbocycles. The van der Waals surface area contributed by atoms with Gasteiger partial charge >= 0.3 is 0 Å². The molecule has 29 heavy (non-hydrogen) atoms. The predicted octanol–water partition coefficient (Wildman–Crippen LogP) is 8.12. The number of rotatable bonds is 6. The summed E-state index contributed by atoms with van der Waals surface area (Å²) in [6.07, 6.45) is 18.1. The summed E-state index contributed by atoms with van der Waals surface area (Å²) in [4.78, 5) is 0. The highest BCUT2D eigenvalue weighted by molar-refractivity contribution is 5.09. The molecule has 0 aromatic carbocycles. The summed E-state index contributed by atoms with van der Waals surface area (Å²) in [6.45, 7) is 12.8. The van der Waals surface area contributed by atoms with Crippen molar-refractivity contribution in [2.45, 2.75) is 118 Å². The van der Waals surface area contributed by atoms with Crippen LogP contribution in [0.5, 0.6) is 0 Å². The third-order valence-electron chi connectivity index (χ3n) is 11.2. The Bertz CT molecular complexity index is 555. The molecular formula is C28H50O. The van der Waals surface area contributed by atoms with Crippen molar-refractivity contribution in [2.75, 3.05) is 7.11 Å². The second kappa shape index (κ2) is 8.48. The van der Waals surface area contributed by atoms with Gasteiger partial charge in [-0.2, -0.15) is 0 Å². The molecule has 9 atom stereocenters. The number of hydrogen-bond acceptors (Lipinski definition) is 1. The average Bonchev–Trinajstić information content (AvgIpc) is 3.04. The minimum atomic E-state index is 0.543. The van der Waals surface area contributed by atoms with E-state index in [1.54, 1.807) is 0 Å². The van der Waals surface area contributed by atoms with Crippen molar-refractivity contribution in [3.63, 3.8) is 0 Å². The third-order valence-corrected chi connectivity index (χ3v) is 11.2. The number of fused-ring (bicyclic) bond motifs is 5. The molecule has 4 fully saturated rings. The smallest absolute Gasteiger partial charge is 0.0574 e. The van der Waals surface area contributed by atoms with Crippen LogP contribution < -0.4 is 0 Å². The maximum Gasteiger partial charge on any atom is 0.0574 e. The summed E-state index contributed by atoms with van der Waals surface area (Å²) >= 11 is 0. The lowest BCUT2D eigenvalue weighted by atomic mass is 9.44. The zero-order valence-electron chi connectivity index (χ0n) is 20.5. The van der Waals surface area contributed by atoms with E-state index in [2.05, 4.69) is 34.6 Å². The zero-order valence-corrected chi connectivity index (χ0v) is 20.5. The van der Waals surface area contributed by atoms with Crippen LogP contribution in [0, 0.1) is 52.3 Å². The fraction of sp³-hybridized carbons (Fsp3) is 1.00. The van der Waals surface area contributed by atoms with E-state index in [0.717, 1.165) is 41.4 Å². The Morgan fingerprint density at radius 3 is 2.28 bits per heavy atom. The van der Waals surface area contributed by atoms with E-state index < -0.39 is 0 Å². The van der Waals surface area contributed by atoms with Crippen LogP contribution in [0.15, 0.2) is 0 Å². The van der Waals surface area contributed by atoms with Crippen LogP contribution in [0.4, 0.5) is 0 Å². The van der Waals surface area contributed by atoms with E-state index in [4.69, 9.17) is 4.74 Å². The molecule has 0 aromatic rings. The molecule has 0 bridgehead atoms. The minimum Gasteiger partial charge on any atom is -0.381 e. The highest BCUT2D eigenvalue weighted by Crippen LogP contribution is 2.68. The molecule has 4 aliphatic carbocycles. The van der Waals surface area contributed by atoms with Crippen molar-refractivity contribution in [2.24, 2.45) is 52.3 Å². The molecule has 0 aliphatic heterocycles. The highest BCUT2D eigenvalue weighted by atomic mass is 16.5. The number of methoxy groups -OCH3 is 1. The van der Waals surface area contributed by atoms with Gasteiger partial charge in [0, 0.05) is 7.11 Å². The van der Waals surface area contributed by atoms with Gasteiger partial charge in [0.15, 0.2) is 0 Å². The quantitative estimate of drug-likeness (QED) is 0.436. The van der Waals surface area contributed by atoms with Crippen LogP contribution in [0.3, 0.4) is 0 Å². The summed E-state index contributed by atoms with van der Waals surface area (Å²) in [6, 6.07) is 0. The molecule has 5 unspecified atom stereocenters. The monoisotopic (exact) mass is 402 g/mol. The topological polar surface area (TPSA) is 9.23 Å². The normalized spacial score (nSPS) is 48.1. The zero-order chi connectivity index (χ0) is 20.8. The van der Waals surface area contributed by atoms with Gasteiger partial charge in [-0.25, -0.2) is 0 Å². The lowest BCUT2D eigenvalue weighted by molar-refractivity contribution is -0.133. The lowest BCUT2D eigenvalue weighted by Gasteiger charge is -2.61. The maximum atomic E-state index is 5.79. The first-order valence-electron chi connectivity index (χ1n) is 13.3. The molecule has 0 amide bonds. The van der Waals surface area contributed by atoms with Gasteiger partial charge in [-0.15, -0.1) is 0 Å². The molecular weight excluding hydrogens is 352 g/mol. The van der Waals surface area contributed by atoms with Crippen molar-refractivity contribution >= 4 is 0 Å². The molecule has 4 rings (SSSR count). The van der Waals surface area contributed by atoms with E-state index in [1.165, 1.54) is 77.0 Å². The van der Waals surface area contributed by atoms with Crippen LogP contribution in [-0.4, -0.2) is 13.2 Å². The third kappa shape index (κ3) is 3.85. The van der Waals surface area contributed by atoms with Crippen LogP contribution in [0.25, 0.3) is 0 Å². The van der Waals surface area contributed by atoms with Crippen LogP contribution >= 0.6 is 0 Å². The van der Waals surface area contributed by atoms with Crippen molar-refractivity contribution in [1.82, 2.24) is 0 Å². The van der Waals surface area contributed by atoms with Gasteiger partial charge in [-0.05, 0) is 110 Å². The Kier molecular flexibility index (Phi) is 6.48. The Hall–Kier alpha value is -0.0400. The maximum absolute atomic E-state index is 5.79. The van der Waals surface area contributed by atoms with Gasteiger partial charge in [0.1, 0.15) is 0 Å². The molecule has 1 nitrogen and oxygen atoms in total. The van der Waals surface area contributed by atoms with Crippen molar-refractivity contribution < 1.29 is 4.74 Å². The van der Waals surface area contributed by atoms with Crippen molar-refractivity contribution in [3.8, 4) is 0 Å². The Labute approximate surface area is 182 Å². The van der Waals surface area contributed by atoms with Gasteiger partial charge in [0.05, 0.1) is 6.10 Å². The predicted molar refractivity (Wildman–Crippen MR) is 124 cm³/mol. The summed E-state index contributed by atoms with van der Waals surface area (Å²) in [7, 11) is 1.94. The number of hydrogen-bond donors (Lipinski definition) is 0. The summed E-state index contributed by atoms with van der Waals surface area (Å²) in [5.41, 5.74) is 1.26. The molecule has 0 aromatic heterocycles. The van der Waals surface area contributed by atoms with Crippen molar-refractivity contribution in [3.05, 3.63) is 0 Å². The van der Waals surface area contributed by atoms with Gasteiger partial charge in [0.2, 0.25) is 0 Å². The molecule has 0 heterocycles. The van der Waals surface area contributed by atoms with Crippen LogP contribution in [-0.2, 0) is 4.74 Å². The van der Waals surface area contributed by atoms with Gasteiger partial charge in [-0.3, -0.25) is 0 Å². The first kappa shape index (κ1) is 22.2. The van der Waals surface area contributed by atoms with Crippen LogP contribution in [0.2, 0.25) is 0 Å². The Morgan fingerprint density at radius 2 is 1.55 bits per heavy atom. The van der Waals surface area contributed by atoms with E-state index in [0.29, 0.717) is 16.9 Å². The van der Waals surface area contributed by atoms with Gasteiger partial charge in [-0.1, -0.05) is 53.9 Å². The SMILES string of the molecule is COC1CC[C@]2(C)C3CC[C@@]4(C)C(CC[C@@H]4C(C)CCCC(C)C)C3CC[C@@H]2C1. The van der Waals surface area contributed by atoms with Crippen molar-refractivity contribution in [1.29, 1.82) is 0 Å². The second-order valence-corrected chi connectivity index (χ2v) is 12.8. The van der Waals surface area contributed by atoms with Gasteiger partial charge in [0.25, 0.3) is 0 Å². The molecule has 1 heteroatoms. The lowest BCUT2D eigenvalue weighted by Crippen LogP contribution is -2.54. The number of ether oxygens (including phenoxy) is 1. The first-order chi connectivity index (χ1) is 13.8. The molecule has 4 aliphatic rings. The van der Waals surface area contributed by atoms with E-state index in [-0.39, 0.29) is 0 Å². The molecule has 168 valence electrons. The Morgan fingerprint density at radius 1 is 0.828 bits per heavy atom. The molecule has 0 saturated heterocycles. The van der Waals surface area contributed by atoms with E-state index in [1.807, 2.05) is 7.11 Å². The first-order valence-corrected chi connectivity index (χ1v) is 13.3. The van der Waals surface area contributed by atoms with E-state index >= 15 is 0 Å². The summed E-state index contributed by atoms with van der Waals surface area (Å²) < 4.78 is 5.79. The second-order valence-electron chi connectivity index (χ2n) is 12.8. The van der Waals surface area contributed by atoms with Gasteiger partial charge < -0.3 is 4.74 Å². The minimum absolute atomic E-state index is 0.543.